The number of hydrazine groups is 1. The number of hydrogen-bond acceptors (Lipinski definition) is 3. The Morgan fingerprint density at radius 3 is 2.65 bits per heavy atom. The summed E-state index contributed by atoms with van der Waals surface area (Å²) >= 11 is 0. The van der Waals surface area contributed by atoms with Crippen LogP contribution in [-0.4, -0.2) is 9.78 Å². The summed E-state index contributed by atoms with van der Waals surface area (Å²) in [5, 5.41) is 4.32. The first-order valence-corrected chi connectivity index (χ1v) is 6.75. The summed E-state index contributed by atoms with van der Waals surface area (Å²) < 4.78 is 1.95. The van der Waals surface area contributed by atoms with E-state index in [4.69, 9.17) is 5.84 Å². The van der Waals surface area contributed by atoms with E-state index in [1.165, 1.54) is 24.8 Å². The molecule has 1 aromatic heterocycles. The number of aryl methyl sites for hydroxylation is 1. The fraction of sp³-hybridized carbons (Fsp3) is 0.769. The van der Waals surface area contributed by atoms with Gasteiger partial charge in [-0.1, -0.05) is 33.1 Å². The van der Waals surface area contributed by atoms with Crippen LogP contribution in [0.3, 0.4) is 0 Å². The van der Waals surface area contributed by atoms with Crippen molar-refractivity contribution in [2.24, 2.45) is 11.8 Å². The molecule has 1 rings (SSSR count). The van der Waals surface area contributed by atoms with Crippen LogP contribution in [0.4, 0.5) is 0 Å². The van der Waals surface area contributed by atoms with Gasteiger partial charge in [0.2, 0.25) is 0 Å². The topological polar surface area (TPSA) is 55.9 Å². The molecule has 4 nitrogen and oxygen atoms in total. The molecule has 98 valence electrons. The zero-order chi connectivity index (χ0) is 12.7. The third-order valence-electron chi connectivity index (χ3n) is 3.44. The number of nitrogens with one attached hydrogen (secondary N) is 1. The summed E-state index contributed by atoms with van der Waals surface area (Å²) in [6.45, 7) is 7.46. The van der Waals surface area contributed by atoms with Crippen molar-refractivity contribution >= 4 is 0 Å². The molecular formula is C13H26N4. The summed E-state index contributed by atoms with van der Waals surface area (Å²) in [4.78, 5) is 0. The zero-order valence-corrected chi connectivity index (χ0v) is 11.3. The van der Waals surface area contributed by atoms with Gasteiger partial charge in [0, 0.05) is 18.3 Å². The second-order valence-corrected chi connectivity index (χ2v) is 4.58. The van der Waals surface area contributed by atoms with Crippen molar-refractivity contribution in [3.8, 4) is 0 Å². The Labute approximate surface area is 105 Å². The van der Waals surface area contributed by atoms with Crippen LogP contribution in [0.1, 0.15) is 58.1 Å². The van der Waals surface area contributed by atoms with Crippen LogP contribution in [0.2, 0.25) is 0 Å². The highest BCUT2D eigenvalue weighted by molar-refractivity contribution is 5.11. The van der Waals surface area contributed by atoms with E-state index in [9.17, 15) is 0 Å². The molecule has 1 aromatic rings. The Kier molecular flexibility index (Phi) is 6.22. The van der Waals surface area contributed by atoms with Gasteiger partial charge < -0.3 is 0 Å². The number of unbranched alkanes of at least 4 members (excludes halogenated alkanes) is 1. The smallest absolute Gasteiger partial charge is 0.0538 e. The first kappa shape index (κ1) is 14.2. The third-order valence-corrected chi connectivity index (χ3v) is 3.44. The van der Waals surface area contributed by atoms with Gasteiger partial charge in [-0.15, -0.1) is 0 Å². The van der Waals surface area contributed by atoms with E-state index in [2.05, 4.69) is 37.5 Å². The van der Waals surface area contributed by atoms with Crippen LogP contribution < -0.4 is 11.3 Å². The quantitative estimate of drug-likeness (QED) is 0.540. The lowest BCUT2D eigenvalue weighted by Crippen LogP contribution is -2.33. The molecule has 2 atom stereocenters. The molecule has 0 amide bonds. The van der Waals surface area contributed by atoms with Gasteiger partial charge in [-0.3, -0.25) is 16.0 Å². The molecule has 0 fully saturated rings. The van der Waals surface area contributed by atoms with E-state index >= 15 is 0 Å². The average Bonchev–Trinajstić information content (AvgIpc) is 2.82. The summed E-state index contributed by atoms with van der Waals surface area (Å²) in [5.74, 6) is 6.31. The lowest BCUT2D eigenvalue weighted by atomic mass is 9.88. The fourth-order valence-corrected chi connectivity index (χ4v) is 2.29. The van der Waals surface area contributed by atoms with Crippen molar-refractivity contribution < 1.29 is 0 Å². The summed E-state index contributed by atoms with van der Waals surface area (Å²) in [7, 11) is 0. The van der Waals surface area contributed by atoms with Crippen molar-refractivity contribution in [1.82, 2.24) is 15.2 Å². The predicted octanol–water partition coefficient (Wildman–Crippen LogP) is 2.62. The Morgan fingerprint density at radius 1 is 1.41 bits per heavy atom. The van der Waals surface area contributed by atoms with Crippen molar-refractivity contribution in [3.63, 3.8) is 0 Å². The minimum atomic E-state index is 0.229. The maximum atomic E-state index is 5.72. The predicted molar refractivity (Wildman–Crippen MR) is 71.3 cm³/mol. The van der Waals surface area contributed by atoms with Crippen LogP contribution in [0.5, 0.6) is 0 Å². The third kappa shape index (κ3) is 3.82. The molecule has 17 heavy (non-hydrogen) atoms. The van der Waals surface area contributed by atoms with Crippen LogP contribution in [-0.2, 0) is 6.54 Å². The number of hydrogen-bond donors (Lipinski definition) is 2. The molecule has 0 aromatic carbocycles. The SMILES string of the molecule is CCCCC(CC)C(NN)c1cnn(CC)c1. The van der Waals surface area contributed by atoms with Gasteiger partial charge >= 0.3 is 0 Å². The zero-order valence-electron chi connectivity index (χ0n) is 11.3. The highest BCUT2D eigenvalue weighted by atomic mass is 15.3. The normalized spacial score (nSPS) is 14.8. The second kappa shape index (κ2) is 7.45. The summed E-state index contributed by atoms with van der Waals surface area (Å²) in [6, 6.07) is 0.229. The number of aromatic nitrogens is 2. The van der Waals surface area contributed by atoms with Crippen molar-refractivity contribution in [2.45, 2.75) is 59.0 Å². The molecular weight excluding hydrogens is 212 g/mol. The molecule has 1 heterocycles. The molecule has 0 aliphatic carbocycles. The van der Waals surface area contributed by atoms with Crippen molar-refractivity contribution in [1.29, 1.82) is 0 Å². The molecule has 3 N–H and O–H groups in total. The van der Waals surface area contributed by atoms with Gasteiger partial charge in [0.25, 0.3) is 0 Å². The van der Waals surface area contributed by atoms with Gasteiger partial charge in [-0.25, -0.2) is 0 Å². The van der Waals surface area contributed by atoms with E-state index in [-0.39, 0.29) is 6.04 Å². The monoisotopic (exact) mass is 238 g/mol. The Bertz CT molecular complexity index is 308. The highest BCUT2D eigenvalue weighted by Crippen LogP contribution is 2.28. The molecule has 4 heteroatoms. The maximum Gasteiger partial charge on any atom is 0.0538 e. The standard InChI is InChI=1S/C13H26N4/c1-4-7-8-11(5-2)13(16-14)12-9-15-17(6-3)10-12/h9-11,13,16H,4-8,14H2,1-3H3. The van der Waals surface area contributed by atoms with E-state index in [1.807, 2.05) is 10.9 Å². The second-order valence-electron chi connectivity index (χ2n) is 4.58. The van der Waals surface area contributed by atoms with Gasteiger partial charge in [0.1, 0.15) is 0 Å². The van der Waals surface area contributed by atoms with E-state index in [0.29, 0.717) is 5.92 Å². The molecule has 0 saturated heterocycles. The van der Waals surface area contributed by atoms with Crippen LogP contribution in [0.25, 0.3) is 0 Å². The van der Waals surface area contributed by atoms with Gasteiger partial charge in [0.15, 0.2) is 0 Å². The molecule has 2 unspecified atom stereocenters. The van der Waals surface area contributed by atoms with Crippen LogP contribution in [0, 0.1) is 5.92 Å². The summed E-state index contributed by atoms with van der Waals surface area (Å²) in [5.41, 5.74) is 4.17. The Morgan fingerprint density at radius 2 is 2.18 bits per heavy atom. The van der Waals surface area contributed by atoms with Crippen molar-refractivity contribution in [2.75, 3.05) is 0 Å². The maximum absolute atomic E-state index is 5.72. The lowest BCUT2D eigenvalue weighted by molar-refractivity contribution is 0.326. The first-order chi connectivity index (χ1) is 8.26. The Balaban J connectivity index is 2.73. The van der Waals surface area contributed by atoms with E-state index < -0.39 is 0 Å². The largest absolute Gasteiger partial charge is 0.273 e. The van der Waals surface area contributed by atoms with Gasteiger partial charge in [-0.05, 0) is 19.3 Å². The fourth-order valence-electron chi connectivity index (χ4n) is 2.29. The number of rotatable bonds is 8. The van der Waals surface area contributed by atoms with E-state index in [0.717, 1.165) is 13.0 Å². The minimum Gasteiger partial charge on any atom is -0.273 e. The van der Waals surface area contributed by atoms with Crippen LogP contribution in [0.15, 0.2) is 12.4 Å². The summed E-state index contributed by atoms with van der Waals surface area (Å²) in [6.07, 6.45) is 8.90. The minimum absolute atomic E-state index is 0.229. The van der Waals surface area contributed by atoms with Crippen LogP contribution >= 0.6 is 0 Å². The number of nitrogens with two attached hydrogens (primary N) is 1. The molecule has 0 spiro atoms. The number of nitrogens with zero attached hydrogens (tertiary/aromatic N) is 2. The molecule has 0 aliphatic heterocycles. The molecule has 0 radical (unpaired) electrons. The average molecular weight is 238 g/mol. The molecule has 0 aliphatic rings. The highest BCUT2D eigenvalue weighted by Gasteiger charge is 2.21. The molecule has 0 bridgehead atoms. The van der Waals surface area contributed by atoms with Gasteiger partial charge in [-0.2, -0.15) is 5.10 Å². The molecule has 0 saturated carbocycles. The Hall–Kier alpha value is -0.870. The van der Waals surface area contributed by atoms with Crippen molar-refractivity contribution in [3.05, 3.63) is 18.0 Å². The first-order valence-electron chi connectivity index (χ1n) is 6.75. The van der Waals surface area contributed by atoms with Gasteiger partial charge in [0.05, 0.1) is 12.2 Å². The lowest BCUT2D eigenvalue weighted by Gasteiger charge is -2.24. The van der Waals surface area contributed by atoms with E-state index in [1.54, 1.807) is 0 Å².